The minimum absolute atomic E-state index is 0.00102. The fourth-order valence-electron chi connectivity index (χ4n) is 3.22. The molecule has 4 rings (SSSR count). The molecule has 13 heteroatoms. The second kappa shape index (κ2) is 8.51. The van der Waals surface area contributed by atoms with Crippen LogP contribution in [0.2, 0.25) is 5.02 Å². The molecule has 0 aliphatic heterocycles. The van der Waals surface area contributed by atoms with E-state index in [2.05, 4.69) is 20.1 Å². The Bertz CT molecular complexity index is 1420. The van der Waals surface area contributed by atoms with E-state index in [1.54, 1.807) is 0 Å². The van der Waals surface area contributed by atoms with Crippen LogP contribution in [0, 0.1) is 23.0 Å². The first kappa shape index (κ1) is 22.2. The number of ether oxygens (including phenoxy) is 1. The van der Waals surface area contributed by atoms with E-state index in [1.807, 2.05) is 6.07 Å². The van der Waals surface area contributed by atoms with Gasteiger partial charge in [0, 0.05) is 11.1 Å². The van der Waals surface area contributed by atoms with Gasteiger partial charge in [0.25, 0.3) is 0 Å². The Labute approximate surface area is 188 Å². The predicted octanol–water partition coefficient (Wildman–Crippen LogP) is 4.81. The number of halogens is 5. The number of nitrogens with two attached hydrogens (primary N) is 1. The monoisotopic (exact) mass is 477 g/mol. The quantitative estimate of drug-likeness (QED) is 0.324. The van der Waals surface area contributed by atoms with Crippen molar-refractivity contribution in [2.75, 3.05) is 5.73 Å². The molecular formula is C20H12ClF4N7O. The Hall–Kier alpha value is -3.98. The molecule has 2 N–H and O–H groups in total. The summed E-state index contributed by atoms with van der Waals surface area (Å²) in [6.07, 6.45) is 1.01. The maximum absolute atomic E-state index is 14.8. The first-order valence-corrected chi connectivity index (χ1v) is 9.57. The van der Waals surface area contributed by atoms with Gasteiger partial charge in [0.05, 0.1) is 22.5 Å². The van der Waals surface area contributed by atoms with E-state index in [1.165, 1.54) is 13.0 Å². The first-order chi connectivity index (χ1) is 15.7. The summed E-state index contributed by atoms with van der Waals surface area (Å²) in [7, 11) is 0. The third kappa shape index (κ3) is 3.87. The third-order valence-corrected chi connectivity index (χ3v) is 5.07. The Morgan fingerprint density at radius 3 is 2.64 bits per heavy atom. The van der Waals surface area contributed by atoms with Gasteiger partial charge in [0.2, 0.25) is 0 Å². The summed E-state index contributed by atoms with van der Waals surface area (Å²) in [5.41, 5.74) is 5.79. The molecule has 0 amide bonds. The van der Waals surface area contributed by atoms with Crippen LogP contribution in [-0.2, 0) is 0 Å². The van der Waals surface area contributed by atoms with Gasteiger partial charge in [-0.2, -0.15) is 18.7 Å². The molecule has 0 bridgehead atoms. The van der Waals surface area contributed by atoms with Gasteiger partial charge in [0.15, 0.2) is 17.7 Å². The van der Waals surface area contributed by atoms with E-state index in [-0.39, 0.29) is 45.0 Å². The second-order valence-electron chi connectivity index (χ2n) is 6.74. The molecule has 0 saturated carbocycles. The van der Waals surface area contributed by atoms with Crippen LogP contribution in [-0.4, -0.2) is 24.7 Å². The number of anilines is 1. The lowest BCUT2D eigenvalue weighted by Gasteiger charge is -2.18. The van der Waals surface area contributed by atoms with Crippen LogP contribution in [0.1, 0.15) is 31.0 Å². The normalized spacial score (nSPS) is 12.2. The number of rotatable bonds is 5. The molecule has 33 heavy (non-hydrogen) atoms. The number of aromatic nitrogens is 5. The summed E-state index contributed by atoms with van der Waals surface area (Å²) < 4.78 is 60.3. The molecule has 0 spiro atoms. The van der Waals surface area contributed by atoms with Crippen LogP contribution < -0.4 is 10.5 Å². The molecule has 2 aromatic carbocycles. The van der Waals surface area contributed by atoms with Gasteiger partial charge >= 0.3 is 6.55 Å². The zero-order chi connectivity index (χ0) is 23.9. The van der Waals surface area contributed by atoms with Gasteiger partial charge in [-0.25, -0.2) is 23.7 Å². The van der Waals surface area contributed by atoms with Crippen molar-refractivity contribution in [2.24, 2.45) is 0 Å². The molecule has 168 valence electrons. The van der Waals surface area contributed by atoms with Crippen LogP contribution in [0.4, 0.5) is 23.4 Å². The second-order valence-corrected chi connectivity index (χ2v) is 7.11. The minimum Gasteiger partial charge on any atom is -0.482 e. The van der Waals surface area contributed by atoms with Crippen LogP contribution in [0.3, 0.4) is 0 Å². The van der Waals surface area contributed by atoms with Crippen molar-refractivity contribution in [2.45, 2.75) is 19.6 Å². The number of nitrogens with zero attached hydrogens (tertiary/aromatic N) is 6. The van der Waals surface area contributed by atoms with E-state index >= 15 is 0 Å². The number of fused-ring (bicyclic) bond motifs is 1. The van der Waals surface area contributed by atoms with Crippen molar-refractivity contribution in [3.8, 4) is 22.9 Å². The van der Waals surface area contributed by atoms with Gasteiger partial charge in [-0.15, -0.1) is 5.10 Å². The van der Waals surface area contributed by atoms with Crippen molar-refractivity contribution in [1.82, 2.24) is 24.7 Å². The maximum atomic E-state index is 14.8. The summed E-state index contributed by atoms with van der Waals surface area (Å²) in [6, 6.07) is 5.25. The SMILES string of the molecule is C[C@H](Oc1cc(C#N)c(-c2ccc(F)c(Cl)c2F)c2ncnc(N)c12)c1ncn(C(F)F)n1. The van der Waals surface area contributed by atoms with Crippen molar-refractivity contribution in [3.63, 3.8) is 0 Å². The topological polar surface area (TPSA) is 116 Å². The highest BCUT2D eigenvalue weighted by molar-refractivity contribution is 6.31. The zero-order valence-electron chi connectivity index (χ0n) is 16.6. The van der Waals surface area contributed by atoms with Crippen LogP contribution >= 0.6 is 11.6 Å². The first-order valence-electron chi connectivity index (χ1n) is 9.19. The smallest absolute Gasteiger partial charge is 0.334 e. The summed E-state index contributed by atoms with van der Waals surface area (Å²) >= 11 is 5.72. The number of nitriles is 1. The van der Waals surface area contributed by atoms with Gasteiger partial charge in [-0.1, -0.05) is 11.6 Å². The zero-order valence-corrected chi connectivity index (χ0v) is 17.4. The summed E-state index contributed by atoms with van der Waals surface area (Å²) in [4.78, 5) is 11.8. The van der Waals surface area contributed by atoms with Gasteiger partial charge in [0.1, 0.15) is 35.1 Å². The Kier molecular flexibility index (Phi) is 5.73. The molecule has 0 aliphatic carbocycles. The molecule has 8 nitrogen and oxygen atoms in total. The summed E-state index contributed by atoms with van der Waals surface area (Å²) in [5.74, 6) is -2.17. The molecule has 0 saturated heterocycles. The largest absolute Gasteiger partial charge is 0.482 e. The summed E-state index contributed by atoms with van der Waals surface area (Å²) in [6.45, 7) is -1.39. The molecule has 0 radical (unpaired) electrons. The number of hydrogen-bond donors (Lipinski definition) is 1. The molecule has 4 aromatic rings. The minimum atomic E-state index is -2.88. The van der Waals surface area contributed by atoms with Crippen LogP contribution in [0.25, 0.3) is 22.0 Å². The van der Waals surface area contributed by atoms with Gasteiger partial charge < -0.3 is 10.5 Å². The van der Waals surface area contributed by atoms with Crippen LogP contribution in [0.15, 0.2) is 30.9 Å². The van der Waals surface area contributed by atoms with Gasteiger partial charge in [-0.3, -0.25) is 0 Å². The Balaban J connectivity index is 1.91. The highest BCUT2D eigenvalue weighted by Crippen LogP contribution is 2.41. The average Bonchev–Trinajstić information content (AvgIpc) is 3.29. The average molecular weight is 478 g/mol. The van der Waals surface area contributed by atoms with Crippen LogP contribution in [0.5, 0.6) is 5.75 Å². The van der Waals surface area contributed by atoms with Crippen molar-refractivity contribution in [1.29, 1.82) is 5.26 Å². The number of alkyl halides is 2. The molecule has 0 unspecified atom stereocenters. The van der Waals surface area contributed by atoms with E-state index in [0.717, 1.165) is 24.8 Å². The Morgan fingerprint density at radius 2 is 1.97 bits per heavy atom. The third-order valence-electron chi connectivity index (χ3n) is 4.72. The molecule has 2 heterocycles. The van der Waals surface area contributed by atoms with E-state index in [9.17, 15) is 22.8 Å². The van der Waals surface area contributed by atoms with Crippen molar-refractivity contribution >= 4 is 28.3 Å². The lowest BCUT2D eigenvalue weighted by molar-refractivity contribution is 0.0550. The number of hydrogen-bond acceptors (Lipinski definition) is 7. The van der Waals surface area contributed by atoms with Gasteiger partial charge in [-0.05, 0) is 25.1 Å². The molecule has 0 fully saturated rings. The molecular weight excluding hydrogens is 466 g/mol. The van der Waals surface area contributed by atoms with Crippen molar-refractivity contribution < 1.29 is 22.3 Å². The molecule has 0 aliphatic rings. The van der Waals surface area contributed by atoms with E-state index in [0.29, 0.717) is 4.68 Å². The number of benzene rings is 2. The number of nitrogen functional groups attached to an aromatic ring is 1. The highest BCUT2D eigenvalue weighted by Gasteiger charge is 2.24. The maximum Gasteiger partial charge on any atom is 0.334 e. The standard InChI is InChI=1S/C20H12ClF4N7O/c1-8(19-30-7-32(31-19)20(24)25)33-12-4-9(5-26)13(17-14(12)18(27)29-6-28-17)10-2-3-11(22)15(21)16(10)23/h2-4,6-8,20H,1H3,(H2,27,28,29)/t8-/m0/s1. The van der Waals surface area contributed by atoms with Crippen molar-refractivity contribution in [3.05, 3.63) is 58.9 Å². The summed E-state index contributed by atoms with van der Waals surface area (Å²) in [5, 5.41) is 12.8. The fourth-order valence-corrected chi connectivity index (χ4v) is 3.38. The van der Waals surface area contributed by atoms with E-state index < -0.39 is 29.3 Å². The highest BCUT2D eigenvalue weighted by atomic mass is 35.5. The lowest BCUT2D eigenvalue weighted by atomic mass is 9.95. The molecule has 2 aromatic heterocycles. The predicted molar refractivity (Wildman–Crippen MR) is 109 cm³/mol. The molecule has 1 atom stereocenters. The van der Waals surface area contributed by atoms with E-state index in [4.69, 9.17) is 22.1 Å². The lowest BCUT2D eigenvalue weighted by Crippen LogP contribution is -2.09. The Morgan fingerprint density at radius 1 is 1.21 bits per heavy atom. The fraction of sp³-hybridized carbons (Fsp3) is 0.150.